The molecule has 1 aromatic rings. The molecule has 2 rings (SSSR count). The summed E-state index contributed by atoms with van der Waals surface area (Å²) in [7, 11) is 1.73. The summed E-state index contributed by atoms with van der Waals surface area (Å²) < 4.78 is 0.931. The minimum atomic E-state index is -1.12. The number of nitrogens with one attached hydrogen (secondary N) is 1. The lowest BCUT2D eigenvalue weighted by Gasteiger charge is -2.26. The molecule has 0 radical (unpaired) electrons. The predicted molar refractivity (Wildman–Crippen MR) is 79.9 cm³/mol. The summed E-state index contributed by atoms with van der Waals surface area (Å²) in [6.07, 6.45) is 0.332. The number of rotatable bonds is 3. The molecule has 1 heterocycles. The summed E-state index contributed by atoms with van der Waals surface area (Å²) in [5.74, 6) is -0.231. The third-order valence-corrected chi connectivity index (χ3v) is 4.12. The molecule has 0 saturated carbocycles. The van der Waals surface area contributed by atoms with Crippen molar-refractivity contribution >= 4 is 27.7 Å². The van der Waals surface area contributed by atoms with Crippen molar-refractivity contribution < 1.29 is 9.59 Å². The molecule has 5 nitrogen and oxygen atoms in total. The van der Waals surface area contributed by atoms with Gasteiger partial charge >= 0.3 is 0 Å². The van der Waals surface area contributed by atoms with Gasteiger partial charge in [-0.2, -0.15) is 0 Å². The fraction of sp³-hybridized carbons (Fsp3) is 0.429. The molecule has 2 unspecified atom stereocenters. The molecule has 1 fully saturated rings. The van der Waals surface area contributed by atoms with E-state index in [1.165, 1.54) is 0 Å². The molecule has 0 spiro atoms. The average Bonchev–Trinajstić information content (AvgIpc) is 2.68. The lowest BCUT2D eigenvalue weighted by molar-refractivity contribution is -0.126. The number of nitrogens with two attached hydrogens (primary N) is 1. The highest BCUT2D eigenvalue weighted by atomic mass is 79.9. The number of likely N-dealkylation sites (N-methyl/N-ethyl adjacent to an activating group) is 1. The lowest BCUT2D eigenvalue weighted by atomic mass is 9.92. The van der Waals surface area contributed by atoms with Crippen molar-refractivity contribution in [3.63, 3.8) is 0 Å². The SMILES string of the molecule is CN1CC(NC(=O)C(C)(N)c2ccc(Br)cc2)CC1=O. The number of carbonyl (C=O) groups excluding carboxylic acids is 2. The maximum Gasteiger partial charge on any atom is 0.244 e. The molecule has 0 aliphatic carbocycles. The number of amides is 2. The van der Waals surface area contributed by atoms with Crippen LogP contribution >= 0.6 is 15.9 Å². The van der Waals surface area contributed by atoms with Crippen LogP contribution in [0.2, 0.25) is 0 Å². The summed E-state index contributed by atoms with van der Waals surface area (Å²) >= 11 is 3.35. The summed E-state index contributed by atoms with van der Waals surface area (Å²) in [6.45, 7) is 2.20. The molecule has 1 aliphatic heterocycles. The summed E-state index contributed by atoms with van der Waals surface area (Å²) in [5.41, 5.74) is 5.77. The molecular weight excluding hydrogens is 322 g/mol. The van der Waals surface area contributed by atoms with E-state index >= 15 is 0 Å². The van der Waals surface area contributed by atoms with Crippen LogP contribution in [0.5, 0.6) is 0 Å². The Morgan fingerprint density at radius 3 is 2.55 bits per heavy atom. The Labute approximate surface area is 126 Å². The van der Waals surface area contributed by atoms with Crippen molar-refractivity contribution in [1.29, 1.82) is 0 Å². The van der Waals surface area contributed by atoms with Gasteiger partial charge in [-0.25, -0.2) is 0 Å². The minimum absolute atomic E-state index is 0.0395. The quantitative estimate of drug-likeness (QED) is 0.861. The van der Waals surface area contributed by atoms with Gasteiger partial charge in [0.2, 0.25) is 11.8 Å². The molecule has 1 aliphatic rings. The monoisotopic (exact) mass is 339 g/mol. The van der Waals surface area contributed by atoms with Crippen molar-refractivity contribution in [2.24, 2.45) is 5.73 Å². The smallest absolute Gasteiger partial charge is 0.244 e. The van der Waals surface area contributed by atoms with E-state index < -0.39 is 5.54 Å². The molecule has 2 atom stereocenters. The average molecular weight is 340 g/mol. The molecule has 20 heavy (non-hydrogen) atoms. The van der Waals surface area contributed by atoms with E-state index in [-0.39, 0.29) is 17.9 Å². The highest BCUT2D eigenvalue weighted by molar-refractivity contribution is 9.10. The van der Waals surface area contributed by atoms with E-state index in [4.69, 9.17) is 5.73 Å². The number of hydrogen-bond donors (Lipinski definition) is 2. The van der Waals surface area contributed by atoms with Crippen LogP contribution in [0, 0.1) is 0 Å². The highest BCUT2D eigenvalue weighted by Gasteiger charge is 2.35. The molecule has 6 heteroatoms. The van der Waals surface area contributed by atoms with Gasteiger partial charge < -0.3 is 16.0 Å². The molecule has 1 aromatic carbocycles. The molecular formula is C14H18BrN3O2. The Morgan fingerprint density at radius 2 is 2.05 bits per heavy atom. The Hall–Kier alpha value is -1.40. The Morgan fingerprint density at radius 1 is 1.45 bits per heavy atom. The van der Waals surface area contributed by atoms with Gasteiger partial charge in [0.25, 0.3) is 0 Å². The summed E-state index contributed by atoms with van der Waals surface area (Å²) in [5, 5.41) is 2.85. The maximum atomic E-state index is 12.3. The summed E-state index contributed by atoms with van der Waals surface area (Å²) in [4.78, 5) is 25.4. The van der Waals surface area contributed by atoms with E-state index in [0.717, 1.165) is 10.0 Å². The highest BCUT2D eigenvalue weighted by Crippen LogP contribution is 2.21. The number of hydrogen-bond acceptors (Lipinski definition) is 3. The van der Waals surface area contributed by atoms with Crippen molar-refractivity contribution in [1.82, 2.24) is 10.2 Å². The van der Waals surface area contributed by atoms with Crippen LogP contribution in [0.15, 0.2) is 28.7 Å². The second-order valence-electron chi connectivity index (χ2n) is 5.36. The van der Waals surface area contributed by atoms with Crippen molar-refractivity contribution in [3.05, 3.63) is 34.3 Å². The second-order valence-corrected chi connectivity index (χ2v) is 6.27. The van der Waals surface area contributed by atoms with Crippen LogP contribution in [-0.4, -0.2) is 36.3 Å². The fourth-order valence-electron chi connectivity index (χ4n) is 2.22. The normalized spacial score (nSPS) is 21.7. The molecule has 3 N–H and O–H groups in total. The van der Waals surface area contributed by atoms with Crippen LogP contribution in [0.1, 0.15) is 18.9 Å². The first-order chi connectivity index (χ1) is 9.30. The largest absolute Gasteiger partial charge is 0.349 e. The van der Waals surface area contributed by atoms with Crippen molar-refractivity contribution in [2.45, 2.75) is 24.9 Å². The first kappa shape index (κ1) is 15.0. The molecule has 108 valence electrons. The number of likely N-dealkylation sites (tertiary alicyclic amines) is 1. The van der Waals surface area contributed by atoms with Gasteiger partial charge in [-0.05, 0) is 24.6 Å². The molecule has 2 amide bonds. The Bertz CT molecular complexity index is 528. The van der Waals surface area contributed by atoms with Crippen molar-refractivity contribution in [3.8, 4) is 0 Å². The topological polar surface area (TPSA) is 75.4 Å². The van der Waals surface area contributed by atoms with E-state index in [0.29, 0.717) is 13.0 Å². The minimum Gasteiger partial charge on any atom is -0.349 e. The standard InChI is InChI=1S/C14H18BrN3O2/c1-14(16,9-3-5-10(15)6-4-9)13(20)17-11-7-12(19)18(2)8-11/h3-6,11H,7-8,16H2,1-2H3,(H,17,20). The van der Waals surface area contributed by atoms with E-state index in [2.05, 4.69) is 21.2 Å². The zero-order valence-electron chi connectivity index (χ0n) is 11.5. The predicted octanol–water partition coefficient (Wildman–Crippen LogP) is 0.970. The van der Waals surface area contributed by atoms with Crippen LogP contribution in [-0.2, 0) is 15.1 Å². The van der Waals surface area contributed by atoms with E-state index in [1.807, 2.05) is 24.3 Å². The van der Waals surface area contributed by atoms with Gasteiger partial charge in [0, 0.05) is 24.5 Å². The lowest BCUT2D eigenvalue weighted by Crippen LogP contribution is -2.52. The number of carbonyl (C=O) groups is 2. The zero-order valence-corrected chi connectivity index (χ0v) is 13.1. The Kier molecular flexibility index (Phi) is 4.15. The van der Waals surface area contributed by atoms with Gasteiger partial charge in [0.05, 0.1) is 6.04 Å². The second kappa shape index (κ2) is 5.54. The third-order valence-electron chi connectivity index (χ3n) is 3.59. The van der Waals surface area contributed by atoms with Gasteiger partial charge in [-0.3, -0.25) is 9.59 Å². The summed E-state index contributed by atoms with van der Waals surface area (Å²) in [6, 6.07) is 7.16. The Balaban J connectivity index is 2.07. The van der Waals surface area contributed by atoms with Crippen LogP contribution in [0.3, 0.4) is 0 Å². The number of nitrogens with zero attached hydrogens (tertiary/aromatic N) is 1. The zero-order chi connectivity index (χ0) is 14.9. The molecule has 1 saturated heterocycles. The van der Waals surface area contributed by atoms with Gasteiger partial charge in [-0.15, -0.1) is 0 Å². The first-order valence-electron chi connectivity index (χ1n) is 6.40. The van der Waals surface area contributed by atoms with E-state index in [9.17, 15) is 9.59 Å². The number of benzene rings is 1. The van der Waals surface area contributed by atoms with E-state index in [1.54, 1.807) is 18.9 Å². The molecule has 0 aromatic heterocycles. The van der Waals surface area contributed by atoms with Crippen LogP contribution < -0.4 is 11.1 Å². The van der Waals surface area contributed by atoms with Crippen molar-refractivity contribution in [2.75, 3.05) is 13.6 Å². The van der Waals surface area contributed by atoms with Gasteiger partial charge in [0.1, 0.15) is 5.54 Å². The number of halogens is 1. The third kappa shape index (κ3) is 3.02. The van der Waals surface area contributed by atoms with Gasteiger partial charge in [-0.1, -0.05) is 28.1 Å². The maximum absolute atomic E-state index is 12.3. The van der Waals surface area contributed by atoms with Crippen LogP contribution in [0.4, 0.5) is 0 Å². The van der Waals surface area contributed by atoms with Gasteiger partial charge in [0.15, 0.2) is 0 Å². The first-order valence-corrected chi connectivity index (χ1v) is 7.20. The van der Waals surface area contributed by atoms with Crippen LogP contribution in [0.25, 0.3) is 0 Å². The fourth-order valence-corrected chi connectivity index (χ4v) is 2.49. The molecule has 0 bridgehead atoms.